The van der Waals surface area contributed by atoms with Gasteiger partial charge in [-0.05, 0) is 38.8 Å². The van der Waals surface area contributed by atoms with Crippen LogP contribution in [0, 0.1) is 6.92 Å². The van der Waals surface area contributed by atoms with Gasteiger partial charge in [0.25, 0.3) is 5.91 Å². The van der Waals surface area contributed by atoms with E-state index in [-0.39, 0.29) is 11.9 Å². The van der Waals surface area contributed by atoms with Crippen LogP contribution in [-0.4, -0.2) is 41.3 Å². The molecule has 2 aromatic rings. The first-order valence-electron chi connectivity index (χ1n) is 8.41. The molecule has 1 atom stereocenters. The first-order chi connectivity index (χ1) is 11.6. The Morgan fingerprint density at radius 1 is 1.33 bits per heavy atom. The summed E-state index contributed by atoms with van der Waals surface area (Å²) in [7, 11) is 0. The summed E-state index contributed by atoms with van der Waals surface area (Å²) in [5.74, 6) is 1.63. The second-order valence-corrected chi connectivity index (χ2v) is 6.25. The summed E-state index contributed by atoms with van der Waals surface area (Å²) in [5.41, 5.74) is 1.06. The van der Waals surface area contributed by atoms with Gasteiger partial charge in [-0.2, -0.15) is 5.10 Å². The van der Waals surface area contributed by atoms with E-state index in [1.807, 2.05) is 37.3 Å². The Morgan fingerprint density at radius 3 is 2.67 bits per heavy atom. The summed E-state index contributed by atoms with van der Waals surface area (Å²) in [6, 6.07) is 11.7. The number of amides is 1. The number of benzene rings is 1. The smallest absolute Gasteiger partial charge is 0.260 e. The van der Waals surface area contributed by atoms with Gasteiger partial charge in [0.05, 0.1) is 0 Å². The lowest BCUT2D eigenvalue weighted by atomic mass is 10.0. The Labute approximate surface area is 142 Å². The van der Waals surface area contributed by atoms with Gasteiger partial charge in [0, 0.05) is 30.9 Å². The number of hydrogen-bond donors (Lipinski definition) is 2. The maximum absolute atomic E-state index is 12.3. The summed E-state index contributed by atoms with van der Waals surface area (Å²) in [6.07, 6.45) is 1.32. The molecule has 2 heterocycles. The Balaban J connectivity index is 1.46. The van der Waals surface area contributed by atoms with Gasteiger partial charge in [-0.1, -0.05) is 18.2 Å². The number of anilines is 1. The van der Waals surface area contributed by atoms with Crippen molar-refractivity contribution in [3.63, 3.8) is 0 Å². The molecule has 6 heteroatoms. The molecule has 1 amide bonds. The largest absolute Gasteiger partial charge is 0.481 e. The van der Waals surface area contributed by atoms with Gasteiger partial charge >= 0.3 is 0 Å². The number of carbonyl (C=O) groups is 1. The maximum Gasteiger partial charge on any atom is 0.260 e. The number of aryl methyl sites for hydroxylation is 1. The van der Waals surface area contributed by atoms with Crippen molar-refractivity contribution in [2.75, 3.05) is 18.0 Å². The number of ether oxygens (including phenoxy) is 1. The number of H-pyrrole nitrogens is 1. The molecular formula is C18H24N4O2. The fourth-order valence-corrected chi connectivity index (χ4v) is 2.89. The van der Waals surface area contributed by atoms with Crippen molar-refractivity contribution < 1.29 is 9.53 Å². The molecule has 1 aromatic heterocycles. The van der Waals surface area contributed by atoms with E-state index in [1.54, 1.807) is 6.92 Å². The molecule has 0 unspecified atom stereocenters. The van der Waals surface area contributed by atoms with Gasteiger partial charge in [-0.15, -0.1) is 0 Å². The average Bonchev–Trinajstić information content (AvgIpc) is 3.03. The second-order valence-electron chi connectivity index (χ2n) is 6.25. The number of para-hydroxylation sites is 1. The van der Waals surface area contributed by atoms with Crippen LogP contribution in [0.25, 0.3) is 0 Å². The zero-order valence-electron chi connectivity index (χ0n) is 14.2. The van der Waals surface area contributed by atoms with Crippen LogP contribution in [0.1, 0.15) is 25.5 Å². The summed E-state index contributed by atoms with van der Waals surface area (Å²) in [6.45, 7) is 5.56. The molecular weight excluding hydrogens is 304 g/mol. The highest BCUT2D eigenvalue weighted by Crippen LogP contribution is 2.18. The second kappa shape index (κ2) is 7.38. The fraction of sp³-hybridized carbons (Fsp3) is 0.444. The van der Waals surface area contributed by atoms with Crippen molar-refractivity contribution in [1.29, 1.82) is 0 Å². The molecule has 0 aliphatic carbocycles. The zero-order valence-corrected chi connectivity index (χ0v) is 14.2. The highest BCUT2D eigenvalue weighted by Gasteiger charge is 2.24. The Bertz CT molecular complexity index is 663. The third-order valence-electron chi connectivity index (χ3n) is 4.28. The van der Waals surface area contributed by atoms with Crippen LogP contribution < -0.4 is 15.0 Å². The molecule has 24 heavy (non-hydrogen) atoms. The summed E-state index contributed by atoms with van der Waals surface area (Å²) in [5, 5.41) is 10.4. The lowest BCUT2D eigenvalue weighted by molar-refractivity contribution is -0.128. The Hall–Kier alpha value is -2.50. The molecule has 1 aromatic carbocycles. The number of nitrogens with zero attached hydrogens (tertiary/aromatic N) is 2. The van der Waals surface area contributed by atoms with Crippen molar-refractivity contribution in [1.82, 2.24) is 15.5 Å². The lowest BCUT2D eigenvalue weighted by Gasteiger charge is -2.32. The van der Waals surface area contributed by atoms with E-state index in [0.29, 0.717) is 5.75 Å². The van der Waals surface area contributed by atoms with Crippen molar-refractivity contribution in [3.05, 3.63) is 42.1 Å². The Morgan fingerprint density at radius 2 is 2.04 bits per heavy atom. The third kappa shape index (κ3) is 4.07. The highest BCUT2D eigenvalue weighted by molar-refractivity contribution is 5.81. The van der Waals surface area contributed by atoms with Gasteiger partial charge in [0.2, 0.25) is 0 Å². The minimum absolute atomic E-state index is 0.0621. The number of piperidine rings is 1. The third-order valence-corrected chi connectivity index (χ3v) is 4.28. The van der Waals surface area contributed by atoms with E-state index >= 15 is 0 Å². The predicted molar refractivity (Wildman–Crippen MR) is 93.2 cm³/mol. The molecule has 128 valence electrons. The van der Waals surface area contributed by atoms with Gasteiger partial charge < -0.3 is 15.0 Å². The normalized spacial score (nSPS) is 16.7. The number of nitrogens with one attached hydrogen (secondary N) is 2. The topological polar surface area (TPSA) is 70.2 Å². The van der Waals surface area contributed by atoms with E-state index in [1.165, 1.54) is 0 Å². The zero-order chi connectivity index (χ0) is 16.9. The fourth-order valence-electron chi connectivity index (χ4n) is 2.89. The van der Waals surface area contributed by atoms with Crippen molar-refractivity contribution >= 4 is 11.7 Å². The van der Waals surface area contributed by atoms with Gasteiger partial charge in [0.15, 0.2) is 11.9 Å². The monoisotopic (exact) mass is 328 g/mol. The number of carbonyl (C=O) groups excluding carboxylic acids is 1. The number of aromatic nitrogens is 2. The van der Waals surface area contributed by atoms with E-state index in [0.717, 1.165) is 37.4 Å². The standard InChI is InChI=1S/C18H24N4O2/c1-13-12-17(21-20-13)22-10-8-15(9-11-22)19-18(23)14(2)24-16-6-4-3-5-7-16/h3-7,12,14-15H,8-11H2,1-2H3,(H,19,23)(H,20,21)/t14-/m0/s1. The SMILES string of the molecule is Cc1cc(N2CCC(NC(=O)[C@H](C)Oc3ccccc3)CC2)n[nH]1. The molecule has 1 aliphatic heterocycles. The average molecular weight is 328 g/mol. The van der Waals surface area contributed by atoms with E-state index in [4.69, 9.17) is 4.74 Å². The maximum atomic E-state index is 12.3. The number of aromatic amines is 1. The predicted octanol–water partition coefficient (Wildman–Crippen LogP) is 2.27. The van der Waals surface area contributed by atoms with Gasteiger partial charge in [-0.3, -0.25) is 9.89 Å². The quantitative estimate of drug-likeness (QED) is 0.883. The van der Waals surface area contributed by atoms with E-state index in [2.05, 4.69) is 26.5 Å². The molecule has 1 saturated heterocycles. The van der Waals surface area contributed by atoms with Crippen molar-refractivity contribution in [2.45, 2.75) is 38.8 Å². The molecule has 0 saturated carbocycles. The first kappa shape index (κ1) is 16.4. The molecule has 1 aliphatic rings. The van der Waals surface area contributed by atoms with Crippen LogP contribution in [0.3, 0.4) is 0 Å². The summed E-state index contributed by atoms with van der Waals surface area (Å²) in [4.78, 5) is 14.5. The number of hydrogen-bond acceptors (Lipinski definition) is 4. The molecule has 1 fully saturated rings. The minimum Gasteiger partial charge on any atom is -0.481 e. The van der Waals surface area contributed by atoms with E-state index in [9.17, 15) is 4.79 Å². The molecule has 6 nitrogen and oxygen atoms in total. The van der Waals surface area contributed by atoms with Crippen LogP contribution in [0.5, 0.6) is 5.75 Å². The Kier molecular flexibility index (Phi) is 5.03. The van der Waals surface area contributed by atoms with Crippen LogP contribution in [0.4, 0.5) is 5.82 Å². The van der Waals surface area contributed by atoms with Crippen molar-refractivity contribution in [2.24, 2.45) is 0 Å². The number of rotatable bonds is 5. The molecule has 0 radical (unpaired) electrons. The lowest BCUT2D eigenvalue weighted by Crippen LogP contribution is -2.48. The molecule has 0 bridgehead atoms. The summed E-state index contributed by atoms with van der Waals surface area (Å²) < 4.78 is 5.67. The van der Waals surface area contributed by atoms with Gasteiger partial charge in [0.1, 0.15) is 5.75 Å². The molecule has 2 N–H and O–H groups in total. The van der Waals surface area contributed by atoms with Crippen LogP contribution in [0.15, 0.2) is 36.4 Å². The minimum atomic E-state index is -0.501. The summed E-state index contributed by atoms with van der Waals surface area (Å²) >= 11 is 0. The van der Waals surface area contributed by atoms with Crippen LogP contribution >= 0.6 is 0 Å². The first-order valence-corrected chi connectivity index (χ1v) is 8.41. The van der Waals surface area contributed by atoms with Crippen molar-refractivity contribution in [3.8, 4) is 5.75 Å². The van der Waals surface area contributed by atoms with Crippen LogP contribution in [-0.2, 0) is 4.79 Å². The molecule has 3 rings (SSSR count). The van der Waals surface area contributed by atoms with Gasteiger partial charge in [-0.25, -0.2) is 0 Å². The van der Waals surface area contributed by atoms with E-state index < -0.39 is 6.10 Å². The molecule has 0 spiro atoms. The van der Waals surface area contributed by atoms with Crippen LogP contribution in [0.2, 0.25) is 0 Å². The highest BCUT2D eigenvalue weighted by atomic mass is 16.5.